The Morgan fingerprint density at radius 3 is 2.48 bits per heavy atom. The molecule has 0 bridgehead atoms. The smallest absolute Gasteiger partial charge is 0.303 e. The number of carbonyl (C=O) groups excluding carboxylic acids is 1. The highest BCUT2D eigenvalue weighted by atomic mass is 35.5. The van der Waals surface area contributed by atoms with Crippen molar-refractivity contribution >= 4 is 45.9 Å². The molecule has 0 spiro atoms. The second kappa shape index (κ2) is 11.8. The number of hydrogen-bond donors (Lipinski definition) is 3. The Kier molecular flexibility index (Phi) is 10.1. The lowest BCUT2D eigenvalue weighted by molar-refractivity contribution is -0.137. The van der Waals surface area contributed by atoms with Crippen molar-refractivity contribution in [2.75, 3.05) is 6.54 Å². The summed E-state index contributed by atoms with van der Waals surface area (Å²) >= 11 is 5.79. The van der Waals surface area contributed by atoms with E-state index in [1.165, 1.54) is 36.8 Å². The lowest BCUT2D eigenvalue weighted by Crippen LogP contribution is -2.49. The fraction of sp³-hybridized carbons (Fsp3) is 0.353. The molecule has 160 valence electrons. The van der Waals surface area contributed by atoms with Crippen LogP contribution in [0.5, 0.6) is 0 Å². The number of unbranched alkanes of at least 4 members (excludes halogenated alkanes) is 1. The largest absolute Gasteiger partial charge is 0.481 e. The summed E-state index contributed by atoms with van der Waals surface area (Å²) in [5.41, 5.74) is 0. The molecular formula is C17H22Cl2N4O5S. The van der Waals surface area contributed by atoms with Gasteiger partial charge in [-0.25, -0.2) is 13.4 Å². The molecule has 0 fully saturated rings. The van der Waals surface area contributed by atoms with Crippen LogP contribution in [0.25, 0.3) is 0 Å². The van der Waals surface area contributed by atoms with Crippen LogP contribution in [0.4, 0.5) is 0 Å². The molecule has 9 nitrogen and oxygen atoms in total. The van der Waals surface area contributed by atoms with Gasteiger partial charge in [-0.15, -0.1) is 12.4 Å². The van der Waals surface area contributed by atoms with Crippen LogP contribution in [0.15, 0.2) is 47.9 Å². The maximum Gasteiger partial charge on any atom is 0.303 e. The van der Waals surface area contributed by atoms with E-state index in [2.05, 4.69) is 15.0 Å². The number of hydrogen-bond acceptors (Lipinski definition) is 5. The van der Waals surface area contributed by atoms with Crippen molar-refractivity contribution in [1.82, 2.24) is 19.6 Å². The van der Waals surface area contributed by atoms with Crippen molar-refractivity contribution in [3.05, 3.63) is 48.0 Å². The molecule has 0 saturated heterocycles. The summed E-state index contributed by atoms with van der Waals surface area (Å²) in [6, 6.07) is 4.52. The average molecular weight is 465 g/mol. The Balaban J connectivity index is 0.00000420. The first-order valence-electron chi connectivity index (χ1n) is 8.51. The molecule has 0 aliphatic rings. The zero-order valence-electron chi connectivity index (χ0n) is 15.3. The maximum absolute atomic E-state index is 12.6. The van der Waals surface area contributed by atoms with E-state index in [0.29, 0.717) is 17.9 Å². The highest BCUT2D eigenvalue weighted by Gasteiger charge is 2.26. The highest BCUT2D eigenvalue weighted by Crippen LogP contribution is 2.14. The number of aliphatic carboxylic acids is 1. The first-order valence-corrected chi connectivity index (χ1v) is 10.4. The number of carboxylic acid groups (broad SMARTS) is 1. The van der Waals surface area contributed by atoms with Crippen molar-refractivity contribution < 1.29 is 23.1 Å². The van der Waals surface area contributed by atoms with Gasteiger partial charge in [0.05, 0.1) is 11.2 Å². The van der Waals surface area contributed by atoms with Gasteiger partial charge in [0.25, 0.3) is 0 Å². The van der Waals surface area contributed by atoms with Gasteiger partial charge in [0, 0.05) is 36.9 Å². The Hall–Kier alpha value is -2.14. The van der Waals surface area contributed by atoms with E-state index >= 15 is 0 Å². The van der Waals surface area contributed by atoms with Crippen LogP contribution in [-0.4, -0.2) is 47.5 Å². The topological polar surface area (TPSA) is 130 Å². The molecule has 0 saturated carbocycles. The number of nitrogens with zero attached hydrogens (tertiary/aromatic N) is 2. The number of amides is 1. The van der Waals surface area contributed by atoms with E-state index in [4.69, 9.17) is 16.7 Å². The third-order valence-electron chi connectivity index (χ3n) is 3.81. The molecule has 0 radical (unpaired) electrons. The Morgan fingerprint density at radius 2 is 1.90 bits per heavy atom. The minimum Gasteiger partial charge on any atom is -0.481 e. The fourth-order valence-electron chi connectivity index (χ4n) is 2.38. The van der Waals surface area contributed by atoms with Crippen LogP contribution in [0.1, 0.15) is 19.3 Å². The quantitative estimate of drug-likeness (QED) is 0.433. The second-order valence-corrected chi connectivity index (χ2v) is 8.18. The zero-order valence-corrected chi connectivity index (χ0v) is 17.7. The van der Waals surface area contributed by atoms with Gasteiger partial charge in [0.2, 0.25) is 15.9 Å². The van der Waals surface area contributed by atoms with Crippen molar-refractivity contribution in [1.29, 1.82) is 0 Å². The van der Waals surface area contributed by atoms with Crippen molar-refractivity contribution in [3.63, 3.8) is 0 Å². The number of aromatic nitrogens is 2. The van der Waals surface area contributed by atoms with Crippen molar-refractivity contribution in [2.45, 2.75) is 36.7 Å². The summed E-state index contributed by atoms with van der Waals surface area (Å²) < 4.78 is 29.2. The van der Waals surface area contributed by atoms with E-state index in [1.54, 1.807) is 10.8 Å². The molecule has 12 heteroatoms. The average Bonchev–Trinajstić information content (AvgIpc) is 3.13. The molecule has 1 amide bonds. The van der Waals surface area contributed by atoms with Crippen LogP contribution in [0, 0.1) is 0 Å². The van der Waals surface area contributed by atoms with Gasteiger partial charge in [-0.1, -0.05) is 11.6 Å². The number of halogens is 2. The van der Waals surface area contributed by atoms with Crippen molar-refractivity contribution in [3.8, 4) is 0 Å². The van der Waals surface area contributed by atoms with E-state index < -0.39 is 27.9 Å². The molecule has 0 aliphatic carbocycles. The highest BCUT2D eigenvalue weighted by molar-refractivity contribution is 7.89. The molecule has 0 aliphatic heterocycles. The molecule has 1 aromatic heterocycles. The fourth-order valence-corrected chi connectivity index (χ4v) is 3.70. The van der Waals surface area contributed by atoms with Gasteiger partial charge in [-0.3, -0.25) is 9.59 Å². The molecule has 1 heterocycles. The van der Waals surface area contributed by atoms with Gasteiger partial charge >= 0.3 is 5.97 Å². The summed E-state index contributed by atoms with van der Waals surface area (Å²) in [6.45, 7) is 0.295. The van der Waals surface area contributed by atoms with Crippen LogP contribution < -0.4 is 10.0 Å². The molecule has 29 heavy (non-hydrogen) atoms. The third kappa shape index (κ3) is 8.40. The molecule has 0 unspecified atom stereocenters. The summed E-state index contributed by atoms with van der Waals surface area (Å²) in [6.07, 6.45) is 5.51. The number of imidazole rings is 1. The normalized spacial score (nSPS) is 12.0. The van der Waals surface area contributed by atoms with Crippen LogP contribution in [0.2, 0.25) is 5.02 Å². The van der Waals surface area contributed by atoms with Gasteiger partial charge in [0.15, 0.2) is 0 Å². The van der Waals surface area contributed by atoms with Crippen LogP contribution in [-0.2, 0) is 26.2 Å². The van der Waals surface area contributed by atoms with Crippen LogP contribution in [0.3, 0.4) is 0 Å². The van der Waals surface area contributed by atoms with Gasteiger partial charge in [-0.2, -0.15) is 4.72 Å². The van der Waals surface area contributed by atoms with Gasteiger partial charge in [0.1, 0.15) is 6.04 Å². The molecule has 1 atom stereocenters. The minimum absolute atomic E-state index is 0. The Labute approximate surface area is 179 Å². The molecule has 3 N–H and O–H groups in total. The predicted octanol–water partition coefficient (Wildman–Crippen LogP) is 1.68. The monoisotopic (exact) mass is 464 g/mol. The standard InChI is InChI=1S/C17H21ClN4O5S.ClH/c18-13-4-6-14(7-5-13)28(26,27)21-15(11-22-10-9-19-12-22)17(25)20-8-2-1-3-16(23)24;/h4-7,9-10,12,15,21H,1-3,8,11H2,(H,20,25)(H,23,24);1H/t15-;/m0./s1. The van der Waals surface area contributed by atoms with E-state index in [-0.39, 0.29) is 36.8 Å². The number of nitrogens with one attached hydrogen (secondary N) is 2. The summed E-state index contributed by atoms with van der Waals surface area (Å²) in [5.74, 6) is -1.42. The van der Waals surface area contributed by atoms with E-state index in [9.17, 15) is 18.0 Å². The number of carbonyl (C=O) groups is 2. The summed E-state index contributed by atoms with van der Waals surface area (Å²) in [4.78, 5) is 26.9. The molecular weight excluding hydrogens is 443 g/mol. The third-order valence-corrected chi connectivity index (χ3v) is 5.55. The van der Waals surface area contributed by atoms with E-state index in [1.807, 2.05) is 0 Å². The van der Waals surface area contributed by atoms with Gasteiger partial charge < -0.3 is 15.0 Å². The molecule has 1 aromatic carbocycles. The number of sulfonamides is 1. The summed E-state index contributed by atoms with van der Waals surface area (Å²) in [7, 11) is -3.95. The van der Waals surface area contributed by atoms with Crippen LogP contribution >= 0.6 is 24.0 Å². The first-order chi connectivity index (χ1) is 13.3. The Morgan fingerprint density at radius 1 is 1.21 bits per heavy atom. The summed E-state index contributed by atoms with van der Waals surface area (Å²) in [5, 5.41) is 11.7. The second-order valence-electron chi connectivity index (χ2n) is 6.03. The van der Waals surface area contributed by atoms with Crippen molar-refractivity contribution in [2.24, 2.45) is 0 Å². The Bertz CT molecular complexity index is 889. The zero-order chi connectivity index (χ0) is 20.6. The molecule has 2 rings (SSSR count). The lowest BCUT2D eigenvalue weighted by atomic mass is 10.2. The number of rotatable bonds is 11. The predicted molar refractivity (Wildman–Crippen MR) is 110 cm³/mol. The number of carboxylic acids is 1. The number of benzene rings is 1. The maximum atomic E-state index is 12.6. The SMILES string of the molecule is Cl.O=C(O)CCCCNC(=O)[C@H](Cn1ccnc1)NS(=O)(=O)c1ccc(Cl)cc1. The lowest BCUT2D eigenvalue weighted by Gasteiger charge is -2.19. The van der Waals surface area contributed by atoms with E-state index in [0.717, 1.165) is 0 Å². The minimum atomic E-state index is -3.95. The molecule has 2 aromatic rings. The first kappa shape index (κ1) is 24.9. The van der Waals surface area contributed by atoms with Gasteiger partial charge in [-0.05, 0) is 37.1 Å².